The number of unbranched alkanes of at least 4 members (excludes halogenated alkanes) is 5. The second kappa shape index (κ2) is 11.6. The van der Waals surface area contributed by atoms with Gasteiger partial charge in [-0.15, -0.1) is 0 Å². The van der Waals surface area contributed by atoms with Crippen LogP contribution in [0.4, 0.5) is 0 Å². The molecule has 0 aliphatic carbocycles. The Morgan fingerprint density at radius 3 is 2.32 bits per heavy atom. The van der Waals surface area contributed by atoms with E-state index in [1.54, 1.807) is 4.57 Å². The second-order valence-corrected chi connectivity index (χ2v) is 7.28. The Morgan fingerprint density at radius 2 is 1.61 bits per heavy atom. The van der Waals surface area contributed by atoms with E-state index in [1.807, 2.05) is 18.2 Å². The van der Waals surface area contributed by atoms with Crippen LogP contribution in [0.5, 0.6) is 17.2 Å². The molecule has 0 atom stereocenters. The lowest BCUT2D eigenvalue weighted by Gasteiger charge is -2.17. The number of hydrogen-bond acceptors (Lipinski definition) is 4. The van der Waals surface area contributed by atoms with Crippen LogP contribution < -0.4 is 15.0 Å². The van der Waals surface area contributed by atoms with E-state index in [4.69, 9.17) is 9.47 Å². The molecular weight excluding hydrogens is 354 g/mol. The summed E-state index contributed by atoms with van der Waals surface area (Å²) in [6, 6.07) is 5.67. The first-order chi connectivity index (χ1) is 13.6. The molecule has 2 rings (SSSR count). The van der Waals surface area contributed by atoms with Crippen LogP contribution in [0, 0.1) is 0 Å². The van der Waals surface area contributed by atoms with Crippen molar-refractivity contribution in [1.82, 2.24) is 4.57 Å². The molecule has 28 heavy (non-hydrogen) atoms. The summed E-state index contributed by atoms with van der Waals surface area (Å²) in [5.41, 5.74) is 0.365. The molecule has 156 valence electrons. The highest BCUT2D eigenvalue weighted by atomic mass is 16.5. The van der Waals surface area contributed by atoms with E-state index < -0.39 is 5.56 Å². The molecule has 1 aromatic carbocycles. The molecule has 0 aliphatic heterocycles. The summed E-state index contributed by atoms with van der Waals surface area (Å²) in [5.74, 6) is 0.744. The minimum Gasteiger partial charge on any atom is -0.500 e. The fourth-order valence-electron chi connectivity index (χ4n) is 3.20. The summed E-state index contributed by atoms with van der Waals surface area (Å²) in [4.78, 5) is 12.8. The summed E-state index contributed by atoms with van der Waals surface area (Å²) in [6.07, 6.45) is 8.20. The lowest BCUT2D eigenvalue weighted by atomic mass is 10.1. The molecule has 0 saturated carbocycles. The van der Waals surface area contributed by atoms with E-state index in [0.29, 0.717) is 25.5 Å². The third-order valence-electron chi connectivity index (χ3n) is 4.91. The number of pyridine rings is 1. The minimum atomic E-state index is -0.393. The highest BCUT2D eigenvalue weighted by Crippen LogP contribution is 2.34. The highest BCUT2D eigenvalue weighted by Gasteiger charge is 2.18. The van der Waals surface area contributed by atoms with Gasteiger partial charge in [0.25, 0.3) is 5.56 Å². The summed E-state index contributed by atoms with van der Waals surface area (Å²) >= 11 is 0. The molecule has 0 unspecified atom stereocenters. The van der Waals surface area contributed by atoms with Crippen LogP contribution >= 0.6 is 0 Å². The van der Waals surface area contributed by atoms with Gasteiger partial charge in [-0.3, -0.25) is 4.79 Å². The van der Waals surface area contributed by atoms with Crippen LogP contribution in [0.3, 0.4) is 0 Å². The van der Waals surface area contributed by atoms with E-state index in [-0.39, 0.29) is 5.75 Å². The largest absolute Gasteiger partial charge is 0.500 e. The van der Waals surface area contributed by atoms with Gasteiger partial charge >= 0.3 is 0 Å². The van der Waals surface area contributed by atoms with Gasteiger partial charge in [0.15, 0.2) is 5.75 Å². The van der Waals surface area contributed by atoms with Crippen LogP contribution in [0.1, 0.15) is 72.1 Å². The van der Waals surface area contributed by atoms with Crippen molar-refractivity contribution < 1.29 is 14.6 Å². The first-order valence-electron chi connectivity index (χ1n) is 10.8. The Bertz CT molecular complexity index is 797. The van der Waals surface area contributed by atoms with Gasteiger partial charge < -0.3 is 19.1 Å². The van der Waals surface area contributed by atoms with Crippen molar-refractivity contribution >= 4 is 10.9 Å². The number of hydrogen-bond donors (Lipinski definition) is 1. The number of aryl methyl sites for hydroxylation is 1. The van der Waals surface area contributed by atoms with Gasteiger partial charge in [-0.2, -0.15) is 0 Å². The van der Waals surface area contributed by atoms with Crippen molar-refractivity contribution in [2.45, 2.75) is 78.7 Å². The fraction of sp³-hybridized carbons (Fsp3) is 0.609. The molecule has 1 aromatic heterocycles. The molecule has 2 aromatic rings. The summed E-state index contributed by atoms with van der Waals surface area (Å²) in [7, 11) is 0. The van der Waals surface area contributed by atoms with Gasteiger partial charge in [0.2, 0.25) is 5.75 Å². The van der Waals surface area contributed by atoms with Crippen molar-refractivity contribution in [2.24, 2.45) is 0 Å². The molecule has 5 heteroatoms. The molecule has 5 nitrogen and oxygen atoms in total. The highest BCUT2D eigenvalue weighted by molar-refractivity contribution is 5.88. The molecule has 0 fully saturated rings. The van der Waals surface area contributed by atoms with Crippen molar-refractivity contribution in [2.75, 3.05) is 13.2 Å². The van der Waals surface area contributed by atoms with E-state index in [1.165, 1.54) is 0 Å². The number of fused-ring (bicyclic) bond motifs is 1. The monoisotopic (exact) mass is 389 g/mol. The number of rotatable bonds is 13. The standard InChI is InChI=1S/C23H35NO4/c1-4-7-10-11-16-28-22-19-13-12-18(27-15-9-6-3)17-20(19)24(14-8-5-2)23(26)21(22)25/h12-13,17,25H,4-11,14-16H2,1-3H3. The maximum absolute atomic E-state index is 12.8. The number of aromatic nitrogens is 1. The van der Waals surface area contributed by atoms with Gasteiger partial charge in [0, 0.05) is 18.0 Å². The quantitative estimate of drug-likeness (QED) is 0.450. The van der Waals surface area contributed by atoms with E-state index in [2.05, 4.69) is 20.8 Å². The number of benzene rings is 1. The lowest BCUT2D eigenvalue weighted by Crippen LogP contribution is -2.21. The van der Waals surface area contributed by atoms with Crippen molar-refractivity contribution in [3.05, 3.63) is 28.6 Å². The summed E-state index contributed by atoms with van der Waals surface area (Å²) in [5, 5.41) is 11.3. The molecule has 0 amide bonds. The number of aromatic hydroxyl groups is 1. The maximum Gasteiger partial charge on any atom is 0.297 e. The third kappa shape index (κ3) is 5.66. The van der Waals surface area contributed by atoms with E-state index in [9.17, 15) is 9.90 Å². The zero-order chi connectivity index (χ0) is 20.4. The fourth-order valence-corrected chi connectivity index (χ4v) is 3.20. The molecule has 0 spiro atoms. The second-order valence-electron chi connectivity index (χ2n) is 7.28. The van der Waals surface area contributed by atoms with Crippen LogP contribution in [0.15, 0.2) is 23.0 Å². The Kier molecular flexibility index (Phi) is 9.18. The summed E-state index contributed by atoms with van der Waals surface area (Å²) < 4.78 is 13.3. The molecular formula is C23H35NO4. The van der Waals surface area contributed by atoms with Crippen molar-refractivity contribution in [1.29, 1.82) is 0 Å². The van der Waals surface area contributed by atoms with Gasteiger partial charge in [0.1, 0.15) is 5.75 Å². The van der Waals surface area contributed by atoms with Crippen molar-refractivity contribution in [3.63, 3.8) is 0 Å². The Hall–Kier alpha value is -2.17. The lowest BCUT2D eigenvalue weighted by molar-refractivity contribution is 0.290. The minimum absolute atomic E-state index is 0.293. The van der Waals surface area contributed by atoms with Gasteiger partial charge in [-0.25, -0.2) is 0 Å². The Morgan fingerprint density at radius 1 is 0.893 bits per heavy atom. The SMILES string of the molecule is CCCCCCOc1c(O)c(=O)n(CCCC)c2cc(OCCCC)ccc12. The molecule has 0 aliphatic rings. The van der Waals surface area contributed by atoms with Gasteiger partial charge in [-0.05, 0) is 31.4 Å². The predicted molar refractivity (Wildman–Crippen MR) is 115 cm³/mol. The molecule has 0 radical (unpaired) electrons. The van der Waals surface area contributed by atoms with Crippen LogP contribution in [-0.2, 0) is 6.54 Å². The average Bonchev–Trinajstić information content (AvgIpc) is 2.70. The summed E-state index contributed by atoms with van der Waals surface area (Å²) in [6.45, 7) is 8.08. The smallest absolute Gasteiger partial charge is 0.297 e. The first kappa shape index (κ1) is 22.1. The Balaban J connectivity index is 2.39. The topological polar surface area (TPSA) is 60.7 Å². The third-order valence-corrected chi connectivity index (χ3v) is 4.91. The van der Waals surface area contributed by atoms with Crippen LogP contribution in [0.2, 0.25) is 0 Å². The molecule has 1 N–H and O–H groups in total. The van der Waals surface area contributed by atoms with Gasteiger partial charge in [-0.1, -0.05) is 52.9 Å². The van der Waals surface area contributed by atoms with Crippen LogP contribution in [0.25, 0.3) is 10.9 Å². The number of ether oxygens (including phenoxy) is 2. The zero-order valence-electron chi connectivity index (χ0n) is 17.6. The van der Waals surface area contributed by atoms with E-state index in [0.717, 1.165) is 68.0 Å². The Labute approximate surface area is 168 Å². The van der Waals surface area contributed by atoms with Crippen molar-refractivity contribution in [3.8, 4) is 17.2 Å². The van der Waals surface area contributed by atoms with Gasteiger partial charge in [0.05, 0.1) is 18.7 Å². The molecule has 1 heterocycles. The predicted octanol–water partition coefficient (Wildman–Crippen LogP) is 5.65. The average molecular weight is 390 g/mol. The van der Waals surface area contributed by atoms with E-state index >= 15 is 0 Å². The zero-order valence-corrected chi connectivity index (χ0v) is 17.6. The van der Waals surface area contributed by atoms with Crippen LogP contribution in [-0.4, -0.2) is 22.9 Å². The normalized spacial score (nSPS) is 11.1. The maximum atomic E-state index is 12.8. The first-order valence-corrected chi connectivity index (χ1v) is 10.8. The molecule has 0 saturated heterocycles. The molecule has 0 bridgehead atoms. The number of nitrogens with zero attached hydrogens (tertiary/aromatic N) is 1.